The van der Waals surface area contributed by atoms with Gasteiger partial charge in [0.25, 0.3) is 5.91 Å². The van der Waals surface area contributed by atoms with Gasteiger partial charge in [0.05, 0.1) is 0 Å². The first-order chi connectivity index (χ1) is 15.0. The Labute approximate surface area is 183 Å². The van der Waals surface area contributed by atoms with E-state index in [-0.39, 0.29) is 5.91 Å². The molecule has 0 spiro atoms. The molecule has 6 heteroatoms. The summed E-state index contributed by atoms with van der Waals surface area (Å²) in [5.74, 6) is 1.43. The van der Waals surface area contributed by atoms with Crippen LogP contribution in [0.5, 0.6) is 11.6 Å². The van der Waals surface area contributed by atoms with Gasteiger partial charge < -0.3 is 14.5 Å². The van der Waals surface area contributed by atoms with Crippen molar-refractivity contribution in [1.82, 2.24) is 19.8 Å². The number of hydrogen-bond acceptors (Lipinski definition) is 5. The molecule has 6 nitrogen and oxygen atoms in total. The van der Waals surface area contributed by atoms with E-state index in [4.69, 9.17) is 4.74 Å². The molecule has 3 aromatic rings. The minimum Gasteiger partial charge on any atom is -0.438 e. The fourth-order valence-electron chi connectivity index (χ4n) is 3.77. The van der Waals surface area contributed by atoms with Crippen molar-refractivity contribution >= 4 is 5.91 Å². The van der Waals surface area contributed by atoms with Gasteiger partial charge in [-0.15, -0.1) is 0 Å². The third kappa shape index (κ3) is 4.75. The summed E-state index contributed by atoms with van der Waals surface area (Å²) in [6.45, 7) is 10.3. The summed E-state index contributed by atoms with van der Waals surface area (Å²) in [5.41, 5.74) is 3.42. The molecule has 0 radical (unpaired) electrons. The number of nitrogens with zero attached hydrogens (tertiary/aromatic N) is 4. The number of likely N-dealkylation sites (N-methyl/N-ethyl adjacent to an activating group) is 1. The van der Waals surface area contributed by atoms with E-state index in [0.717, 1.165) is 36.3 Å². The lowest BCUT2D eigenvalue weighted by Gasteiger charge is -2.34. The van der Waals surface area contributed by atoms with E-state index >= 15 is 0 Å². The number of aromatic nitrogens is 2. The Morgan fingerprint density at radius 3 is 2.45 bits per heavy atom. The molecule has 0 N–H and O–H groups in total. The number of hydrogen-bond donors (Lipinski definition) is 0. The second-order valence-electron chi connectivity index (χ2n) is 7.88. The SMILES string of the molecule is CCN1CCN(C(=O)c2cnc(-c3ccccc3)nc2Oc2ccc(C)cc2C)CC1. The van der Waals surface area contributed by atoms with Crippen LogP contribution in [0.4, 0.5) is 0 Å². The normalized spacial score (nSPS) is 14.5. The second kappa shape index (κ2) is 9.27. The quantitative estimate of drug-likeness (QED) is 0.620. The van der Waals surface area contributed by atoms with Crippen molar-refractivity contribution in [1.29, 1.82) is 0 Å². The molecule has 2 heterocycles. The molecule has 2 aromatic carbocycles. The Morgan fingerprint density at radius 1 is 1.03 bits per heavy atom. The van der Waals surface area contributed by atoms with Crippen LogP contribution in [0.15, 0.2) is 54.7 Å². The lowest BCUT2D eigenvalue weighted by molar-refractivity contribution is 0.0639. The van der Waals surface area contributed by atoms with Gasteiger partial charge in [0.2, 0.25) is 5.88 Å². The van der Waals surface area contributed by atoms with Gasteiger partial charge in [-0.1, -0.05) is 55.0 Å². The molecular weight excluding hydrogens is 388 g/mol. The molecular formula is C25H28N4O2. The van der Waals surface area contributed by atoms with E-state index < -0.39 is 0 Å². The molecule has 160 valence electrons. The standard InChI is InChI=1S/C25H28N4O2/c1-4-28-12-14-29(15-13-28)25(30)21-17-26-23(20-8-6-5-7-9-20)27-24(21)31-22-11-10-18(2)16-19(22)3/h5-11,16-17H,4,12-15H2,1-3H3. The second-order valence-corrected chi connectivity index (χ2v) is 7.88. The van der Waals surface area contributed by atoms with Crippen LogP contribution < -0.4 is 4.74 Å². The maximum atomic E-state index is 13.3. The molecule has 0 saturated carbocycles. The summed E-state index contributed by atoms with van der Waals surface area (Å²) < 4.78 is 6.20. The zero-order chi connectivity index (χ0) is 21.8. The van der Waals surface area contributed by atoms with Gasteiger partial charge >= 0.3 is 0 Å². The number of amides is 1. The lowest BCUT2D eigenvalue weighted by atomic mass is 10.1. The van der Waals surface area contributed by atoms with Gasteiger partial charge in [0.1, 0.15) is 11.3 Å². The average Bonchev–Trinajstić information content (AvgIpc) is 2.81. The number of carbonyl (C=O) groups excluding carboxylic acids is 1. The highest BCUT2D eigenvalue weighted by Gasteiger charge is 2.26. The van der Waals surface area contributed by atoms with Crippen LogP contribution >= 0.6 is 0 Å². The summed E-state index contributed by atoms with van der Waals surface area (Å²) in [4.78, 5) is 26.7. The van der Waals surface area contributed by atoms with Crippen LogP contribution in [-0.4, -0.2) is 58.4 Å². The predicted molar refractivity (Wildman–Crippen MR) is 121 cm³/mol. The van der Waals surface area contributed by atoms with Gasteiger partial charge in [-0.3, -0.25) is 4.79 Å². The zero-order valence-corrected chi connectivity index (χ0v) is 18.3. The summed E-state index contributed by atoms with van der Waals surface area (Å²) >= 11 is 0. The lowest BCUT2D eigenvalue weighted by Crippen LogP contribution is -2.48. The van der Waals surface area contributed by atoms with Crippen molar-refractivity contribution in [2.75, 3.05) is 32.7 Å². The number of rotatable bonds is 5. The van der Waals surface area contributed by atoms with Crippen molar-refractivity contribution in [2.24, 2.45) is 0 Å². The molecule has 0 bridgehead atoms. The molecule has 31 heavy (non-hydrogen) atoms. The Hall–Kier alpha value is -3.25. The fraction of sp³-hybridized carbons (Fsp3) is 0.320. The zero-order valence-electron chi connectivity index (χ0n) is 18.3. The van der Waals surface area contributed by atoms with Crippen LogP contribution in [0.3, 0.4) is 0 Å². The predicted octanol–water partition coefficient (Wildman–Crippen LogP) is 4.33. The van der Waals surface area contributed by atoms with Crippen molar-refractivity contribution in [3.05, 3.63) is 71.4 Å². The van der Waals surface area contributed by atoms with Crippen LogP contribution in [-0.2, 0) is 0 Å². The third-order valence-electron chi connectivity index (χ3n) is 5.66. The molecule has 4 rings (SSSR count). The molecule has 0 unspecified atom stereocenters. The minimum absolute atomic E-state index is 0.0878. The number of piperazine rings is 1. The summed E-state index contributed by atoms with van der Waals surface area (Å²) in [5, 5.41) is 0. The molecule has 1 aliphatic rings. The van der Waals surface area contributed by atoms with Gasteiger partial charge in [0, 0.05) is 37.9 Å². The molecule has 0 aliphatic carbocycles. The third-order valence-corrected chi connectivity index (χ3v) is 5.66. The van der Waals surface area contributed by atoms with E-state index in [1.54, 1.807) is 6.20 Å². The molecule has 0 atom stereocenters. The van der Waals surface area contributed by atoms with Crippen molar-refractivity contribution in [3.63, 3.8) is 0 Å². The Morgan fingerprint density at radius 2 is 1.77 bits per heavy atom. The van der Waals surface area contributed by atoms with Gasteiger partial charge in [-0.05, 0) is 32.0 Å². The molecule has 1 saturated heterocycles. The Balaban J connectivity index is 1.69. The molecule has 1 aromatic heterocycles. The topological polar surface area (TPSA) is 58.6 Å². The van der Waals surface area contributed by atoms with E-state index in [0.29, 0.717) is 36.1 Å². The van der Waals surface area contributed by atoms with Crippen molar-refractivity contribution in [2.45, 2.75) is 20.8 Å². The first-order valence-corrected chi connectivity index (χ1v) is 10.7. The monoisotopic (exact) mass is 416 g/mol. The molecule has 1 aliphatic heterocycles. The van der Waals surface area contributed by atoms with Gasteiger partial charge in [-0.2, -0.15) is 4.98 Å². The summed E-state index contributed by atoms with van der Waals surface area (Å²) in [6.07, 6.45) is 1.60. The van der Waals surface area contributed by atoms with Crippen molar-refractivity contribution < 1.29 is 9.53 Å². The number of aryl methyl sites for hydroxylation is 2. The molecule has 1 amide bonds. The highest BCUT2D eigenvalue weighted by Crippen LogP contribution is 2.29. The fourth-order valence-corrected chi connectivity index (χ4v) is 3.77. The van der Waals surface area contributed by atoms with E-state index in [1.807, 2.05) is 61.2 Å². The maximum absolute atomic E-state index is 13.3. The van der Waals surface area contributed by atoms with Crippen LogP contribution in [0, 0.1) is 13.8 Å². The first-order valence-electron chi connectivity index (χ1n) is 10.7. The highest BCUT2D eigenvalue weighted by molar-refractivity contribution is 5.96. The Kier molecular flexibility index (Phi) is 6.28. The molecule has 1 fully saturated rings. The largest absolute Gasteiger partial charge is 0.438 e. The first kappa shape index (κ1) is 21.0. The van der Waals surface area contributed by atoms with Crippen molar-refractivity contribution in [3.8, 4) is 23.0 Å². The van der Waals surface area contributed by atoms with Crippen LogP contribution in [0.1, 0.15) is 28.4 Å². The van der Waals surface area contributed by atoms with Gasteiger partial charge in [0.15, 0.2) is 5.82 Å². The van der Waals surface area contributed by atoms with E-state index in [2.05, 4.69) is 27.9 Å². The number of ether oxygens (including phenoxy) is 1. The highest BCUT2D eigenvalue weighted by atomic mass is 16.5. The van der Waals surface area contributed by atoms with Gasteiger partial charge in [-0.25, -0.2) is 4.98 Å². The summed E-state index contributed by atoms with van der Waals surface area (Å²) in [6, 6.07) is 15.7. The number of carbonyl (C=O) groups is 1. The Bertz CT molecular complexity index is 1060. The van der Waals surface area contributed by atoms with E-state index in [9.17, 15) is 4.79 Å². The van der Waals surface area contributed by atoms with Crippen LogP contribution in [0.2, 0.25) is 0 Å². The smallest absolute Gasteiger partial charge is 0.261 e. The van der Waals surface area contributed by atoms with E-state index in [1.165, 1.54) is 0 Å². The summed E-state index contributed by atoms with van der Waals surface area (Å²) in [7, 11) is 0. The minimum atomic E-state index is -0.0878. The average molecular weight is 417 g/mol. The van der Waals surface area contributed by atoms with Crippen LogP contribution in [0.25, 0.3) is 11.4 Å². The maximum Gasteiger partial charge on any atom is 0.261 e. The number of benzene rings is 2.